The molecule has 5 heteroatoms. The number of ether oxygens (including phenoxy) is 1. The number of phenols is 1. The number of hydrogen-bond acceptors (Lipinski definition) is 5. The Morgan fingerprint density at radius 3 is 2.32 bits per heavy atom. The monoisotopic (exact) mass is 348 g/mol. The van der Waals surface area contributed by atoms with Crippen molar-refractivity contribution >= 4 is 28.6 Å². The molecule has 4 nitrogen and oxygen atoms in total. The summed E-state index contributed by atoms with van der Waals surface area (Å²) >= 11 is 5.28. The fraction of sp³-hybridized carbons (Fsp3) is 0.0500. The van der Waals surface area contributed by atoms with E-state index in [9.17, 15) is 14.7 Å². The lowest BCUT2D eigenvalue weighted by Gasteiger charge is -2.22. The molecule has 4 rings (SSSR count). The fourth-order valence-electron chi connectivity index (χ4n) is 2.99. The summed E-state index contributed by atoms with van der Waals surface area (Å²) in [7, 11) is 0. The van der Waals surface area contributed by atoms with Crippen LogP contribution in [0.4, 0.5) is 0 Å². The largest absolute Gasteiger partial charge is 0.507 e. The van der Waals surface area contributed by atoms with Gasteiger partial charge in [0.2, 0.25) is 0 Å². The van der Waals surface area contributed by atoms with Gasteiger partial charge in [-0.2, -0.15) is 0 Å². The number of phenolic OH excluding ortho intramolecular Hbond substituents is 1. The maximum absolute atomic E-state index is 12.9. The standard InChI is InChI=1S/C20H12O4S/c21-13-9-10-15(24-14-7-3-4-8-16(14)25)18-17(13)19(22)11-5-1-2-6-12(11)20(18)23/h1-7,9-10,21H,8H2. The molecular formula is C20H12O4S. The summed E-state index contributed by atoms with van der Waals surface area (Å²) < 4.78 is 5.84. The van der Waals surface area contributed by atoms with E-state index in [0.717, 1.165) is 0 Å². The minimum absolute atomic E-state index is 0.0286. The van der Waals surface area contributed by atoms with Gasteiger partial charge in [0, 0.05) is 17.5 Å². The average Bonchev–Trinajstić information content (AvgIpc) is 2.63. The smallest absolute Gasteiger partial charge is 0.198 e. The molecule has 0 saturated carbocycles. The summed E-state index contributed by atoms with van der Waals surface area (Å²) in [4.78, 5) is 26.3. The van der Waals surface area contributed by atoms with E-state index in [1.54, 1.807) is 30.3 Å². The van der Waals surface area contributed by atoms with Crippen molar-refractivity contribution < 1.29 is 19.4 Å². The molecule has 0 bridgehead atoms. The number of fused-ring (bicyclic) bond motifs is 2. The molecule has 122 valence electrons. The molecule has 0 amide bonds. The van der Waals surface area contributed by atoms with E-state index in [4.69, 9.17) is 17.0 Å². The lowest BCUT2D eigenvalue weighted by molar-refractivity contribution is 0.0974. The molecule has 0 aliphatic heterocycles. The Morgan fingerprint density at radius 1 is 0.960 bits per heavy atom. The molecule has 0 atom stereocenters. The molecule has 25 heavy (non-hydrogen) atoms. The lowest BCUT2D eigenvalue weighted by Crippen LogP contribution is -2.22. The minimum atomic E-state index is -0.395. The van der Waals surface area contributed by atoms with E-state index in [2.05, 4.69) is 0 Å². The molecule has 1 N–H and O–H groups in total. The maximum Gasteiger partial charge on any atom is 0.198 e. The number of aromatic hydroxyl groups is 1. The molecule has 0 unspecified atom stereocenters. The zero-order valence-electron chi connectivity index (χ0n) is 13.0. The van der Waals surface area contributed by atoms with Crippen LogP contribution in [0.2, 0.25) is 0 Å². The molecule has 2 aromatic carbocycles. The zero-order chi connectivity index (χ0) is 17.6. The number of carbonyl (C=O) groups is 2. The van der Waals surface area contributed by atoms with Crippen LogP contribution in [0.25, 0.3) is 0 Å². The second-order valence-corrected chi connectivity index (χ2v) is 6.22. The normalized spacial score (nSPS) is 15.5. The summed E-state index contributed by atoms with van der Waals surface area (Å²) in [5.74, 6) is -0.313. The van der Waals surface area contributed by atoms with Gasteiger partial charge in [-0.15, -0.1) is 0 Å². The topological polar surface area (TPSA) is 63.6 Å². The van der Waals surface area contributed by atoms with Crippen LogP contribution < -0.4 is 4.74 Å². The Hall–Kier alpha value is -3.05. The molecule has 0 spiro atoms. The number of hydrogen-bond donors (Lipinski definition) is 1. The van der Waals surface area contributed by atoms with Crippen molar-refractivity contribution in [3.63, 3.8) is 0 Å². The predicted molar refractivity (Wildman–Crippen MR) is 96.5 cm³/mol. The summed E-state index contributed by atoms with van der Waals surface area (Å²) in [5.41, 5.74) is 0.624. The van der Waals surface area contributed by atoms with Crippen molar-refractivity contribution in [1.29, 1.82) is 0 Å². The molecule has 0 fully saturated rings. The van der Waals surface area contributed by atoms with Gasteiger partial charge in [0.1, 0.15) is 17.3 Å². The summed E-state index contributed by atoms with van der Waals surface area (Å²) in [6, 6.07) is 9.39. The SMILES string of the molecule is O=C1c2ccccc2C(=O)c2c(OC3=CC=CCC3=S)ccc(O)c21. The number of rotatable bonds is 2. The highest BCUT2D eigenvalue weighted by molar-refractivity contribution is 7.80. The third-order valence-electron chi connectivity index (χ3n) is 4.20. The van der Waals surface area contributed by atoms with Crippen LogP contribution >= 0.6 is 12.2 Å². The van der Waals surface area contributed by atoms with E-state index in [-0.39, 0.29) is 34.0 Å². The summed E-state index contributed by atoms with van der Waals surface area (Å²) in [6.45, 7) is 0. The molecule has 0 heterocycles. The van der Waals surface area contributed by atoms with Gasteiger partial charge in [-0.25, -0.2) is 0 Å². The van der Waals surface area contributed by atoms with Crippen LogP contribution in [0.15, 0.2) is 60.4 Å². The van der Waals surface area contributed by atoms with Gasteiger partial charge in [0.05, 0.1) is 16.0 Å². The van der Waals surface area contributed by atoms with E-state index in [1.165, 1.54) is 12.1 Å². The molecule has 0 saturated heterocycles. The number of benzene rings is 2. The van der Waals surface area contributed by atoms with Crippen molar-refractivity contribution in [3.8, 4) is 11.5 Å². The van der Waals surface area contributed by atoms with Crippen molar-refractivity contribution in [3.05, 3.63) is 82.6 Å². The second-order valence-electron chi connectivity index (χ2n) is 5.73. The third kappa shape index (κ3) is 2.40. The van der Waals surface area contributed by atoms with Crippen LogP contribution in [-0.4, -0.2) is 21.5 Å². The lowest BCUT2D eigenvalue weighted by atomic mass is 9.83. The van der Waals surface area contributed by atoms with Crippen molar-refractivity contribution in [2.75, 3.05) is 0 Å². The van der Waals surface area contributed by atoms with E-state index < -0.39 is 5.78 Å². The number of allylic oxidation sites excluding steroid dienone is 4. The van der Waals surface area contributed by atoms with E-state index >= 15 is 0 Å². The average molecular weight is 348 g/mol. The van der Waals surface area contributed by atoms with Gasteiger partial charge in [-0.3, -0.25) is 9.59 Å². The highest BCUT2D eigenvalue weighted by Gasteiger charge is 2.35. The van der Waals surface area contributed by atoms with Crippen molar-refractivity contribution in [2.45, 2.75) is 6.42 Å². The Labute approximate surface area is 149 Å². The number of carbonyl (C=O) groups excluding carboxylic acids is 2. The first-order chi connectivity index (χ1) is 12.1. The van der Waals surface area contributed by atoms with Gasteiger partial charge in [-0.1, -0.05) is 48.6 Å². The Balaban J connectivity index is 1.89. The highest BCUT2D eigenvalue weighted by Crippen LogP contribution is 2.38. The van der Waals surface area contributed by atoms with Gasteiger partial charge in [0.15, 0.2) is 11.6 Å². The minimum Gasteiger partial charge on any atom is -0.507 e. The Morgan fingerprint density at radius 2 is 1.64 bits per heavy atom. The van der Waals surface area contributed by atoms with Crippen LogP contribution in [0.3, 0.4) is 0 Å². The molecule has 2 aliphatic carbocycles. The van der Waals surface area contributed by atoms with Crippen LogP contribution in [0, 0.1) is 0 Å². The van der Waals surface area contributed by atoms with Gasteiger partial charge in [-0.05, 0) is 18.2 Å². The van der Waals surface area contributed by atoms with Crippen molar-refractivity contribution in [2.24, 2.45) is 0 Å². The quantitative estimate of drug-likeness (QED) is 0.715. The molecule has 2 aliphatic rings. The first-order valence-electron chi connectivity index (χ1n) is 7.70. The number of ketones is 2. The zero-order valence-corrected chi connectivity index (χ0v) is 13.8. The van der Waals surface area contributed by atoms with Gasteiger partial charge in [0.25, 0.3) is 0 Å². The fourth-order valence-corrected chi connectivity index (χ4v) is 3.20. The molecular weight excluding hydrogens is 336 g/mol. The Kier molecular flexibility index (Phi) is 3.58. The van der Waals surface area contributed by atoms with Crippen LogP contribution in [0.5, 0.6) is 11.5 Å². The van der Waals surface area contributed by atoms with Crippen molar-refractivity contribution in [1.82, 2.24) is 0 Å². The second kappa shape index (κ2) is 5.79. The highest BCUT2D eigenvalue weighted by atomic mass is 32.1. The Bertz CT molecular complexity index is 1010. The first-order valence-corrected chi connectivity index (χ1v) is 8.11. The summed E-state index contributed by atoms with van der Waals surface area (Å²) in [6.07, 6.45) is 6.03. The van der Waals surface area contributed by atoms with Gasteiger partial charge >= 0.3 is 0 Å². The van der Waals surface area contributed by atoms with E-state index in [0.29, 0.717) is 22.6 Å². The van der Waals surface area contributed by atoms with Crippen LogP contribution in [0.1, 0.15) is 38.3 Å². The molecule has 0 radical (unpaired) electrons. The predicted octanol–water partition coefficient (Wildman–Crippen LogP) is 3.76. The number of thiocarbonyl (C=S) groups is 1. The van der Waals surface area contributed by atoms with Crippen LogP contribution in [-0.2, 0) is 0 Å². The third-order valence-corrected chi connectivity index (χ3v) is 4.57. The van der Waals surface area contributed by atoms with Gasteiger partial charge < -0.3 is 9.84 Å². The summed E-state index contributed by atoms with van der Waals surface area (Å²) in [5, 5.41) is 10.2. The van der Waals surface area contributed by atoms with E-state index in [1.807, 2.05) is 12.2 Å². The maximum atomic E-state index is 12.9. The molecule has 0 aromatic heterocycles. The molecule has 2 aromatic rings. The first kappa shape index (κ1) is 15.5.